The third-order valence-electron chi connectivity index (χ3n) is 4.50. The standard InChI is InChI=1S/C14H25N3O2/c1-14(5-3-6-14)13(19)17-9-2-4-11(10-17)12(18)16-8-7-15/h11H,2-10,15H2,1H3,(H,16,18). The van der Waals surface area contributed by atoms with Gasteiger partial charge in [0.25, 0.3) is 0 Å². The Balaban J connectivity index is 1.89. The normalized spacial score (nSPS) is 25.6. The highest BCUT2D eigenvalue weighted by Crippen LogP contribution is 2.42. The van der Waals surface area contributed by atoms with Crippen molar-refractivity contribution in [3.63, 3.8) is 0 Å². The van der Waals surface area contributed by atoms with Crippen LogP contribution in [-0.4, -0.2) is 42.9 Å². The second kappa shape index (κ2) is 5.90. The van der Waals surface area contributed by atoms with Crippen LogP contribution in [0.15, 0.2) is 0 Å². The largest absolute Gasteiger partial charge is 0.355 e. The molecule has 1 heterocycles. The lowest BCUT2D eigenvalue weighted by Gasteiger charge is -2.43. The van der Waals surface area contributed by atoms with Crippen molar-refractivity contribution in [2.45, 2.75) is 39.0 Å². The first-order valence-corrected chi connectivity index (χ1v) is 7.34. The Kier molecular flexibility index (Phi) is 4.45. The molecule has 2 amide bonds. The number of rotatable bonds is 4. The van der Waals surface area contributed by atoms with Gasteiger partial charge in [0.1, 0.15) is 0 Å². The molecule has 1 atom stereocenters. The monoisotopic (exact) mass is 267 g/mol. The second-order valence-electron chi connectivity index (χ2n) is 6.08. The molecule has 3 N–H and O–H groups in total. The molecule has 0 aromatic rings. The van der Waals surface area contributed by atoms with Crippen LogP contribution >= 0.6 is 0 Å². The molecule has 19 heavy (non-hydrogen) atoms. The highest BCUT2D eigenvalue weighted by Gasteiger charge is 2.43. The Morgan fingerprint density at radius 3 is 2.68 bits per heavy atom. The van der Waals surface area contributed by atoms with Crippen LogP contribution in [0.4, 0.5) is 0 Å². The van der Waals surface area contributed by atoms with Crippen LogP contribution in [0.1, 0.15) is 39.0 Å². The molecular weight excluding hydrogens is 242 g/mol. The van der Waals surface area contributed by atoms with E-state index in [1.807, 2.05) is 4.90 Å². The van der Waals surface area contributed by atoms with Gasteiger partial charge < -0.3 is 16.0 Å². The van der Waals surface area contributed by atoms with Crippen LogP contribution < -0.4 is 11.1 Å². The SMILES string of the molecule is CC1(C(=O)N2CCCC(C(=O)NCCN)C2)CCC1. The molecule has 108 valence electrons. The molecule has 0 spiro atoms. The Bertz CT molecular complexity index is 353. The van der Waals surface area contributed by atoms with E-state index in [0.717, 1.165) is 38.6 Å². The van der Waals surface area contributed by atoms with Crippen molar-refractivity contribution in [1.82, 2.24) is 10.2 Å². The lowest BCUT2D eigenvalue weighted by atomic mass is 9.69. The summed E-state index contributed by atoms with van der Waals surface area (Å²) in [5.41, 5.74) is 5.23. The molecule has 1 aliphatic heterocycles. The number of amides is 2. The molecule has 2 aliphatic rings. The molecule has 1 aliphatic carbocycles. The van der Waals surface area contributed by atoms with Gasteiger partial charge in [-0.3, -0.25) is 9.59 Å². The van der Waals surface area contributed by atoms with E-state index in [0.29, 0.717) is 19.6 Å². The van der Waals surface area contributed by atoms with E-state index in [-0.39, 0.29) is 23.1 Å². The van der Waals surface area contributed by atoms with E-state index in [1.165, 1.54) is 0 Å². The highest BCUT2D eigenvalue weighted by atomic mass is 16.2. The molecule has 5 nitrogen and oxygen atoms in total. The fourth-order valence-electron chi connectivity index (χ4n) is 3.02. The summed E-state index contributed by atoms with van der Waals surface area (Å²) >= 11 is 0. The Morgan fingerprint density at radius 1 is 1.37 bits per heavy atom. The van der Waals surface area contributed by atoms with E-state index >= 15 is 0 Å². The fourth-order valence-corrected chi connectivity index (χ4v) is 3.02. The summed E-state index contributed by atoms with van der Waals surface area (Å²) in [5.74, 6) is 0.227. The molecule has 0 radical (unpaired) electrons. The van der Waals surface area contributed by atoms with Gasteiger partial charge in [-0.2, -0.15) is 0 Å². The zero-order valence-electron chi connectivity index (χ0n) is 11.8. The number of piperidine rings is 1. The summed E-state index contributed by atoms with van der Waals surface area (Å²) in [5, 5.41) is 2.83. The Morgan fingerprint density at radius 2 is 2.11 bits per heavy atom. The van der Waals surface area contributed by atoms with Crippen molar-refractivity contribution in [3.05, 3.63) is 0 Å². The van der Waals surface area contributed by atoms with Crippen molar-refractivity contribution in [2.24, 2.45) is 17.1 Å². The number of carbonyl (C=O) groups excluding carboxylic acids is 2. The van der Waals surface area contributed by atoms with Gasteiger partial charge in [0.05, 0.1) is 5.92 Å². The number of likely N-dealkylation sites (tertiary alicyclic amines) is 1. The van der Waals surface area contributed by atoms with Gasteiger partial charge in [-0.15, -0.1) is 0 Å². The highest BCUT2D eigenvalue weighted by molar-refractivity contribution is 5.85. The summed E-state index contributed by atoms with van der Waals surface area (Å²) in [4.78, 5) is 26.3. The molecular formula is C14H25N3O2. The van der Waals surface area contributed by atoms with Gasteiger partial charge in [0.15, 0.2) is 0 Å². The topological polar surface area (TPSA) is 75.4 Å². The van der Waals surface area contributed by atoms with Crippen LogP contribution in [0, 0.1) is 11.3 Å². The third-order valence-corrected chi connectivity index (χ3v) is 4.50. The summed E-state index contributed by atoms with van der Waals surface area (Å²) in [6, 6.07) is 0. The van der Waals surface area contributed by atoms with E-state index in [9.17, 15) is 9.59 Å². The van der Waals surface area contributed by atoms with Crippen LogP contribution in [0.5, 0.6) is 0 Å². The van der Waals surface area contributed by atoms with Gasteiger partial charge in [-0.05, 0) is 25.7 Å². The maximum atomic E-state index is 12.5. The van der Waals surface area contributed by atoms with Gasteiger partial charge in [0.2, 0.25) is 11.8 Å². The van der Waals surface area contributed by atoms with Crippen molar-refractivity contribution >= 4 is 11.8 Å². The minimum atomic E-state index is -0.157. The average Bonchev–Trinajstić information content (AvgIpc) is 2.41. The van der Waals surface area contributed by atoms with E-state index in [1.54, 1.807) is 0 Å². The summed E-state index contributed by atoms with van der Waals surface area (Å²) < 4.78 is 0. The number of carbonyl (C=O) groups is 2. The Labute approximate surface area is 114 Å². The minimum Gasteiger partial charge on any atom is -0.355 e. The van der Waals surface area contributed by atoms with Crippen molar-refractivity contribution < 1.29 is 9.59 Å². The number of hydrogen-bond donors (Lipinski definition) is 2. The summed E-state index contributed by atoms with van der Waals surface area (Å²) in [6.07, 6.45) is 4.93. The number of nitrogens with two attached hydrogens (primary N) is 1. The molecule has 2 rings (SSSR count). The van der Waals surface area contributed by atoms with Crippen molar-refractivity contribution in [2.75, 3.05) is 26.2 Å². The third kappa shape index (κ3) is 3.08. The Hall–Kier alpha value is -1.10. The van der Waals surface area contributed by atoms with Gasteiger partial charge in [-0.1, -0.05) is 13.3 Å². The first-order chi connectivity index (χ1) is 9.07. The van der Waals surface area contributed by atoms with Crippen LogP contribution in [0.2, 0.25) is 0 Å². The first-order valence-electron chi connectivity index (χ1n) is 7.34. The van der Waals surface area contributed by atoms with Gasteiger partial charge in [-0.25, -0.2) is 0 Å². The maximum Gasteiger partial charge on any atom is 0.228 e. The predicted molar refractivity (Wildman–Crippen MR) is 73.3 cm³/mol. The smallest absolute Gasteiger partial charge is 0.228 e. The molecule has 0 bridgehead atoms. The zero-order chi connectivity index (χ0) is 13.9. The van der Waals surface area contributed by atoms with Crippen molar-refractivity contribution in [1.29, 1.82) is 0 Å². The second-order valence-corrected chi connectivity index (χ2v) is 6.08. The molecule has 5 heteroatoms. The molecule has 1 unspecified atom stereocenters. The fraction of sp³-hybridized carbons (Fsp3) is 0.857. The zero-order valence-corrected chi connectivity index (χ0v) is 11.8. The maximum absolute atomic E-state index is 12.5. The van der Waals surface area contributed by atoms with Crippen LogP contribution in [-0.2, 0) is 9.59 Å². The lowest BCUT2D eigenvalue weighted by molar-refractivity contribution is -0.148. The average molecular weight is 267 g/mol. The summed E-state index contributed by atoms with van der Waals surface area (Å²) in [6.45, 7) is 4.40. The predicted octanol–water partition coefficient (Wildman–Crippen LogP) is 0.490. The first kappa shape index (κ1) is 14.3. The van der Waals surface area contributed by atoms with Crippen LogP contribution in [0.3, 0.4) is 0 Å². The molecule has 1 saturated heterocycles. The lowest BCUT2D eigenvalue weighted by Crippen LogP contribution is -2.52. The number of nitrogens with zero attached hydrogens (tertiary/aromatic N) is 1. The van der Waals surface area contributed by atoms with E-state index < -0.39 is 0 Å². The quantitative estimate of drug-likeness (QED) is 0.778. The number of hydrogen-bond acceptors (Lipinski definition) is 3. The number of nitrogens with one attached hydrogen (secondary N) is 1. The van der Waals surface area contributed by atoms with Gasteiger partial charge in [0, 0.05) is 31.6 Å². The molecule has 0 aromatic carbocycles. The van der Waals surface area contributed by atoms with E-state index in [4.69, 9.17) is 5.73 Å². The minimum absolute atomic E-state index is 0.0433. The molecule has 0 aromatic heterocycles. The molecule has 2 fully saturated rings. The van der Waals surface area contributed by atoms with Gasteiger partial charge >= 0.3 is 0 Å². The summed E-state index contributed by atoms with van der Waals surface area (Å²) in [7, 11) is 0. The molecule has 1 saturated carbocycles. The van der Waals surface area contributed by atoms with Crippen molar-refractivity contribution in [3.8, 4) is 0 Å². The van der Waals surface area contributed by atoms with E-state index in [2.05, 4.69) is 12.2 Å². The van der Waals surface area contributed by atoms with Crippen LogP contribution in [0.25, 0.3) is 0 Å².